The van der Waals surface area contributed by atoms with Crippen LogP contribution in [0.2, 0.25) is 5.02 Å². The molecule has 2 heterocycles. The van der Waals surface area contributed by atoms with Crippen LogP contribution < -0.4 is 0 Å². The highest BCUT2D eigenvalue weighted by molar-refractivity contribution is 6.30. The lowest BCUT2D eigenvalue weighted by Gasteiger charge is -2.34. The second kappa shape index (κ2) is 9.36. The predicted molar refractivity (Wildman–Crippen MR) is 111 cm³/mol. The Balaban J connectivity index is 1.23. The molecular formula is C22H22ClFN4O2. The number of aromatic nitrogens is 2. The fourth-order valence-corrected chi connectivity index (χ4v) is 3.57. The molecule has 1 aromatic heterocycles. The van der Waals surface area contributed by atoms with E-state index in [1.165, 1.54) is 17.7 Å². The van der Waals surface area contributed by atoms with E-state index < -0.39 is 0 Å². The number of benzene rings is 2. The van der Waals surface area contributed by atoms with E-state index in [0.717, 1.165) is 24.7 Å². The van der Waals surface area contributed by atoms with Crippen molar-refractivity contribution in [1.82, 2.24) is 19.9 Å². The molecule has 2 aromatic carbocycles. The SMILES string of the molecule is O=C(CCc1nc(-c2ccc(F)cc2)no1)N1CCN(Cc2ccc(Cl)cc2)CC1. The number of nitrogens with zero attached hydrogens (tertiary/aromatic N) is 4. The molecule has 0 aliphatic carbocycles. The van der Waals surface area contributed by atoms with Crippen molar-refractivity contribution in [1.29, 1.82) is 0 Å². The Morgan fingerprint density at radius 2 is 1.73 bits per heavy atom. The van der Waals surface area contributed by atoms with Gasteiger partial charge in [-0.25, -0.2) is 4.39 Å². The molecule has 0 radical (unpaired) electrons. The fourth-order valence-electron chi connectivity index (χ4n) is 3.45. The monoisotopic (exact) mass is 428 g/mol. The third-order valence-electron chi connectivity index (χ3n) is 5.17. The van der Waals surface area contributed by atoms with E-state index in [4.69, 9.17) is 16.1 Å². The summed E-state index contributed by atoms with van der Waals surface area (Å²) >= 11 is 5.93. The maximum atomic E-state index is 13.0. The molecule has 4 rings (SSSR count). The normalized spacial score (nSPS) is 14.8. The number of rotatable bonds is 6. The van der Waals surface area contributed by atoms with Crippen LogP contribution in [-0.2, 0) is 17.8 Å². The second-order valence-corrected chi connectivity index (χ2v) is 7.74. The standard InChI is InChI=1S/C22H22ClFN4O2/c23-18-5-1-16(2-6-18)15-27-11-13-28(14-12-27)21(29)10-9-20-25-22(26-30-20)17-3-7-19(24)8-4-17/h1-8H,9-15H2. The predicted octanol–water partition coefficient (Wildman–Crippen LogP) is 3.81. The summed E-state index contributed by atoms with van der Waals surface area (Å²) in [4.78, 5) is 21.1. The summed E-state index contributed by atoms with van der Waals surface area (Å²) in [6, 6.07) is 13.8. The van der Waals surface area contributed by atoms with Crippen LogP contribution in [0.3, 0.4) is 0 Å². The van der Waals surface area contributed by atoms with Gasteiger partial charge in [-0.2, -0.15) is 4.98 Å². The Kier molecular flexibility index (Phi) is 6.40. The van der Waals surface area contributed by atoms with Gasteiger partial charge in [0.05, 0.1) is 0 Å². The quantitative estimate of drug-likeness (QED) is 0.597. The topological polar surface area (TPSA) is 62.5 Å². The van der Waals surface area contributed by atoms with Crippen LogP contribution in [0.1, 0.15) is 17.9 Å². The zero-order valence-electron chi connectivity index (χ0n) is 16.4. The molecule has 1 amide bonds. The van der Waals surface area contributed by atoms with Gasteiger partial charge in [0.2, 0.25) is 17.6 Å². The van der Waals surface area contributed by atoms with Crippen LogP contribution in [0, 0.1) is 5.82 Å². The minimum atomic E-state index is -0.318. The maximum Gasteiger partial charge on any atom is 0.227 e. The zero-order chi connectivity index (χ0) is 20.9. The number of halogens is 2. The molecule has 0 N–H and O–H groups in total. The highest BCUT2D eigenvalue weighted by Crippen LogP contribution is 2.17. The lowest BCUT2D eigenvalue weighted by atomic mass is 10.2. The van der Waals surface area contributed by atoms with Gasteiger partial charge in [0.15, 0.2) is 0 Å². The van der Waals surface area contributed by atoms with Crippen LogP contribution in [0.4, 0.5) is 4.39 Å². The summed E-state index contributed by atoms with van der Waals surface area (Å²) in [5.41, 5.74) is 1.89. The van der Waals surface area contributed by atoms with Crippen molar-refractivity contribution in [2.75, 3.05) is 26.2 Å². The molecular weight excluding hydrogens is 407 g/mol. The first-order valence-corrected chi connectivity index (χ1v) is 10.3. The van der Waals surface area contributed by atoms with Crippen molar-refractivity contribution in [2.45, 2.75) is 19.4 Å². The average molecular weight is 429 g/mol. The van der Waals surface area contributed by atoms with Gasteiger partial charge in [-0.1, -0.05) is 28.9 Å². The molecule has 0 saturated carbocycles. The van der Waals surface area contributed by atoms with E-state index in [0.29, 0.717) is 43.2 Å². The van der Waals surface area contributed by atoms with Crippen LogP contribution in [0.15, 0.2) is 53.1 Å². The fraction of sp³-hybridized carbons (Fsp3) is 0.318. The molecule has 8 heteroatoms. The lowest BCUT2D eigenvalue weighted by molar-refractivity contribution is -0.133. The van der Waals surface area contributed by atoms with Crippen molar-refractivity contribution in [3.63, 3.8) is 0 Å². The summed E-state index contributed by atoms with van der Waals surface area (Å²) in [5, 5.41) is 4.65. The van der Waals surface area contributed by atoms with Crippen LogP contribution in [0.5, 0.6) is 0 Å². The van der Waals surface area contributed by atoms with Gasteiger partial charge in [-0.05, 0) is 42.0 Å². The first-order chi connectivity index (χ1) is 14.6. The Labute approximate surface area is 179 Å². The van der Waals surface area contributed by atoms with Crippen molar-refractivity contribution in [3.05, 3.63) is 70.8 Å². The number of aryl methyl sites for hydroxylation is 1. The van der Waals surface area contributed by atoms with Crippen molar-refractivity contribution in [2.24, 2.45) is 0 Å². The first-order valence-electron chi connectivity index (χ1n) is 9.90. The summed E-state index contributed by atoms with van der Waals surface area (Å²) in [7, 11) is 0. The smallest absolute Gasteiger partial charge is 0.227 e. The van der Waals surface area contributed by atoms with Crippen LogP contribution in [0.25, 0.3) is 11.4 Å². The van der Waals surface area contributed by atoms with Gasteiger partial charge < -0.3 is 9.42 Å². The summed E-state index contributed by atoms with van der Waals surface area (Å²) in [6.07, 6.45) is 0.709. The Morgan fingerprint density at radius 1 is 1.03 bits per heavy atom. The molecule has 3 aromatic rings. The number of hydrogen-bond donors (Lipinski definition) is 0. The Hall–Kier alpha value is -2.77. The molecule has 0 spiro atoms. The number of carbonyl (C=O) groups excluding carboxylic acids is 1. The summed E-state index contributed by atoms with van der Waals surface area (Å²) in [6.45, 7) is 3.94. The molecule has 0 unspecified atom stereocenters. The van der Waals surface area contributed by atoms with E-state index in [1.54, 1.807) is 12.1 Å². The van der Waals surface area contributed by atoms with Crippen molar-refractivity contribution >= 4 is 17.5 Å². The van der Waals surface area contributed by atoms with Gasteiger partial charge in [0.25, 0.3) is 0 Å². The first kappa shape index (κ1) is 20.5. The highest BCUT2D eigenvalue weighted by atomic mass is 35.5. The third kappa shape index (κ3) is 5.23. The van der Waals surface area contributed by atoms with Crippen LogP contribution in [-0.4, -0.2) is 52.0 Å². The highest BCUT2D eigenvalue weighted by Gasteiger charge is 2.21. The van der Waals surface area contributed by atoms with Gasteiger partial charge >= 0.3 is 0 Å². The van der Waals surface area contributed by atoms with E-state index in [2.05, 4.69) is 15.0 Å². The zero-order valence-corrected chi connectivity index (χ0v) is 17.2. The number of carbonyl (C=O) groups is 1. The molecule has 30 heavy (non-hydrogen) atoms. The van der Waals surface area contributed by atoms with Gasteiger partial charge in [0.1, 0.15) is 5.82 Å². The lowest BCUT2D eigenvalue weighted by Crippen LogP contribution is -2.48. The minimum absolute atomic E-state index is 0.0858. The van der Waals surface area contributed by atoms with E-state index >= 15 is 0 Å². The molecule has 6 nitrogen and oxygen atoms in total. The summed E-state index contributed by atoms with van der Waals surface area (Å²) in [5.74, 6) is 0.571. The minimum Gasteiger partial charge on any atom is -0.340 e. The van der Waals surface area contributed by atoms with E-state index in [-0.39, 0.29) is 11.7 Å². The number of amides is 1. The molecule has 0 atom stereocenters. The van der Waals surface area contributed by atoms with Crippen LogP contribution >= 0.6 is 11.6 Å². The molecule has 0 bridgehead atoms. The van der Waals surface area contributed by atoms with Gasteiger partial charge in [-0.3, -0.25) is 9.69 Å². The molecule has 1 aliphatic heterocycles. The largest absolute Gasteiger partial charge is 0.340 e. The van der Waals surface area contributed by atoms with Gasteiger partial charge in [-0.15, -0.1) is 0 Å². The summed E-state index contributed by atoms with van der Waals surface area (Å²) < 4.78 is 18.3. The second-order valence-electron chi connectivity index (χ2n) is 7.30. The number of piperazine rings is 1. The van der Waals surface area contributed by atoms with E-state index in [1.807, 2.05) is 29.2 Å². The molecule has 156 valence electrons. The van der Waals surface area contributed by atoms with E-state index in [9.17, 15) is 9.18 Å². The maximum absolute atomic E-state index is 13.0. The molecule has 1 aliphatic rings. The molecule has 1 fully saturated rings. The van der Waals surface area contributed by atoms with Gasteiger partial charge in [0, 0.05) is 56.2 Å². The molecule has 1 saturated heterocycles. The third-order valence-corrected chi connectivity index (χ3v) is 5.42. The van der Waals surface area contributed by atoms with Crippen molar-refractivity contribution in [3.8, 4) is 11.4 Å². The Morgan fingerprint density at radius 3 is 2.43 bits per heavy atom. The average Bonchev–Trinajstić information content (AvgIpc) is 3.24. The number of hydrogen-bond acceptors (Lipinski definition) is 5. The van der Waals surface area contributed by atoms with Crippen molar-refractivity contribution < 1.29 is 13.7 Å². The Bertz CT molecular complexity index is 983.